The Kier molecular flexibility index (Phi) is 3.91. The van der Waals surface area contributed by atoms with Crippen LogP contribution in [0.1, 0.15) is 40.2 Å². The monoisotopic (exact) mass is 338 g/mol. The van der Waals surface area contributed by atoms with Gasteiger partial charge in [-0.25, -0.2) is 4.68 Å². The zero-order chi connectivity index (χ0) is 17.7. The number of aromatic nitrogens is 2. The van der Waals surface area contributed by atoms with Crippen LogP contribution in [0, 0.1) is 32.6 Å². The lowest BCUT2D eigenvalue weighted by molar-refractivity contribution is 0.0773. The largest absolute Gasteiger partial charge is 0.337 e. The minimum Gasteiger partial charge on any atom is -0.337 e. The van der Waals surface area contributed by atoms with E-state index in [0.717, 1.165) is 37.3 Å². The van der Waals surface area contributed by atoms with Crippen LogP contribution in [-0.4, -0.2) is 39.7 Å². The highest BCUT2D eigenvalue weighted by atomic mass is 16.2. The van der Waals surface area contributed by atoms with Crippen molar-refractivity contribution in [3.8, 4) is 5.69 Å². The molecule has 1 amide bonds. The van der Waals surface area contributed by atoms with Gasteiger partial charge in [0.05, 0.1) is 5.69 Å². The molecule has 1 aliphatic carbocycles. The van der Waals surface area contributed by atoms with Crippen LogP contribution in [0.4, 0.5) is 0 Å². The molecule has 0 spiro atoms. The first-order valence-electron chi connectivity index (χ1n) is 9.12. The Morgan fingerprint density at radius 3 is 2.48 bits per heavy atom. The van der Waals surface area contributed by atoms with Gasteiger partial charge in [-0.05, 0) is 74.8 Å². The summed E-state index contributed by atoms with van der Waals surface area (Å²) >= 11 is 0. The maximum atomic E-state index is 12.9. The van der Waals surface area contributed by atoms with Gasteiger partial charge in [0.1, 0.15) is 0 Å². The number of hydrogen-bond donors (Lipinski definition) is 1. The minimum atomic E-state index is 0.0350. The van der Waals surface area contributed by atoms with Crippen molar-refractivity contribution in [2.45, 2.75) is 39.7 Å². The minimum absolute atomic E-state index is 0.0350. The zero-order valence-corrected chi connectivity index (χ0v) is 15.2. The number of likely N-dealkylation sites (tertiary alicyclic amines) is 1. The second kappa shape index (κ2) is 5.99. The first kappa shape index (κ1) is 16.3. The molecule has 2 aromatic rings. The van der Waals surface area contributed by atoms with Crippen LogP contribution in [0.2, 0.25) is 0 Å². The molecule has 1 saturated carbocycles. The highest BCUT2D eigenvalue weighted by Gasteiger charge is 2.43. The molecule has 2 heterocycles. The zero-order valence-electron chi connectivity index (χ0n) is 15.2. The van der Waals surface area contributed by atoms with Crippen LogP contribution in [0.5, 0.6) is 0 Å². The molecule has 1 aromatic carbocycles. The fourth-order valence-corrected chi connectivity index (χ4v) is 4.55. The first-order chi connectivity index (χ1) is 11.9. The molecule has 5 nitrogen and oxygen atoms in total. The predicted molar refractivity (Wildman–Crippen MR) is 97.9 cm³/mol. The third-order valence-corrected chi connectivity index (χ3v) is 5.76. The molecule has 4 rings (SSSR count). The van der Waals surface area contributed by atoms with Crippen molar-refractivity contribution in [3.63, 3.8) is 0 Å². The van der Waals surface area contributed by atoms with Crippen molar-refractivity contribution >= 4 is 5.91 Å². The quantitative estimate of drug-likeness (QED) is 0.915. The van der Waals surface area contributed by atoms with Crippen molar-refractivity contribution in [3.05, 3.63) is 46.8 Å². The van der Waals surface area contributed by atoms with E-state index in [1.807, 2.05) is 22.6 Å². The Labute approximate surface area is 148 Å². The van der Waals surface area contributed by atoms with Crippen molar-refractivity contribution in [2.24, 2.45) is 17.6 Å². The molecular formula is C20H26N4O. The molecule has 2 N–H and O–H groups in total. The smallest absolute Gasteiger partial charge is 0.274 e. The van der Waals surface area contributed by atoms with E-state index in [1.165, 1.54) is 11.1 Å². The Balaban J connectivity index is 1.59. The Bertz CT molecular complexity index is 805. The number of rotatable bonds is 2. The third-order valence-electron chi connectivity index (χ3n) is 5.76. The predicted octanol–water partition coefficient (Wildman–Crippen LogP) is 2.61. The number of aryl methyl sites for hydroxylation is 3. The summed E-state index contributed by atoms with van der Waals surface area (Å²) in [7, 11) is 0. The molecule has 1 aromatic heterocycles. The van der Waals surface area contributed by atoms with Gasteiger partial charge in [0.15, 0.2) is 5.69 Å². The Morgan fingerprint density at radius 2 is 1.80 bits per heavy atom. The van der Waals surface area contributed by atoms with Gasteiger partial charge in [0.25, 0.3) is 5.91 Å². The van der Waals surface area contributed by atoms with E-state index in [9.17, 15) is 4.79 Å². The maximum absolute atomic E-state index is 12.9. The fourth-order valence-electron chi connectivity index (χ4n) is 4.55. The van der Waals surface area contributed by atoms with Crippen LogP contribution < -0.4 is 5.73 Å². The molecule has 3 unspecified atom stereocenters. The molecule has 0 bridgehead atoms. The van der Waals surface area contributed by atoms with E-state index in [4.69, 9.17) is 5.73 Å². The molecule has 25 heavy (non-hydrogen) atoms. The van der Waals surface area contributed by atoms with Crippen molar-refractivity contribution in [2.75, 3.05) is 13.1 Å². The highest BCUT2D eigenvalue weighted by molar-refractivity contribution is 5.92. The summed E-state index contributed by atoms with van der Waals surface area (Å²) in [5.74, 6) is 1.07. The average molecular weight is 338 g/mol. The van der Waals surface area contributed by atoms with Crippen LogP contribution >= 0.6 is 0 Å². The number of fused-ring (bicyclic) bond motifs is 1. The summed E-state index contributed by atoms with van der Waals surface area (Å²) in [6.45, 7) is 7.75. The van der Waals surface area contributed by atoms with E-state index in [-0.39, 0.29) is 11.9 Å². The van der Waals surface area contributed by atoms with Gasteiger partial charge in [-0.15, -0.1) is 0 Å². The van der Waals surface area contributed by atoms with Crippen LogP contribution in [-0.2, 0) is 0 Å². The molecule has 2 aliphatic rings. The van der Waals surface area contributed by atoms with Gasteiger partial charge in [0, 0.05) is 24.8 Å². The lowest BCUT2D eigenvalue weighted by Crippen LogP contribution is -2.33. The molecule has 5 heteroatoms. The van der Waals surface area contributed by atoms with Crippen molar-refractivity contribution < 1.29 is 4.79 Å². The summed E-state index contributed by atoms with van der Waals surface area (Å²) in [5.41, 5.74) is 11.1. The Morgan fingerprint density at radius 1 is 1.08 bits per heavy atom. The number of amides is 1. The van der Waals surface area contributed by atoms with Gasteiger partial charge in [-0.3, -0.25) is 4.79 Å². The number of benzene rings is 1. The number of nitrogens with two attached hydrogens (primary N) is 1. The van der Waals surface area contributed by atoms with Crippen LogP contribution in [0.15, 0.2) is 24.3 Å². The van der Waals surface area contributed by atoms with E-state index in [2.05, 4.69) is 37.1 Å². The normalized spacial score (nSPS) is 25.4. The lowest BCUT2D eigenvalue weighted by Gasteiger charge is -2.17. The average Bonchev–Trinajstić information content (AvgIpc) is 3.22. The molecule has 132 valence electrons. The van der Waals surface area contributed by atoms with Gasteiger partial charge in [0.2, 0.25) is 0 Å². The summed E-state index contributed by atoms with van der Waals surface area (Å²) in [4.78, 5) is 14.9. The van der Waals surface area contributed by atoms with Crippen molar-refractivity contribution in [1.82, 2.24) is 14.7 Å². The molecule has 2 fully saturated rings. The molecule has 1 saturated heterocycles. The summed E-state index contributed by atoms with van der Waals surface area (Å²) in [5, 5.41) is 4.61. The number of carbonyl (C=O) groups excluding carboxylic acids is 1. The van der Waals surface area contributed by atoms with Crippen LogP contribution in [0.3, 0.4) is 0 Å². The topological polar surface area (TPSA) is 64.2 Å². The second-order valence-corrected chi connectivity index (χ2v) is 7.80. The van der Waals surface area contributed by atoms with Crippen LogP contribution in [0.25, 0.3) is 5.69 Å². The van der Waals surface area contributed by atoms with Gasteiger partial charge in [-0.2, -0.15) is 5.10 Å². The SMILES string of the molecule is Cc1cc(C)cc(-n2nc(C(=O)N3CC4CCC(N)C4C3)cc2C)c1. The summed E-state index contributed by atoms with van der Waals surface area (Å²) < 4.78 is 1.87. The molecular weight excluding hydrogens is 312 g/mol. The second-order valence-electron chi connectivity index (χ2n) is 7.80. The third kappa shape index (κ3) is 2.86. The first-order valence-corrected chi connectivity index (χ1v) is 9.12. The standard InChI is InChI=1S/C20H26N4O/c1-12-6-13(2)8-16(7-12)24-14(3)9-19(22-24)20(25)23-10-15-4-5-18(21)17(15)11-23/h6-9,15,17-18H,4-5,10-11,21H2,1-3H3. The van der Waals surface area contributed by atoms with Gasteiger partial charge in [-0.1, -0.05) is 6.07 Å². The van der Waals surface area contributed by atoms with Gasteiger partial charge >= 0.3 is 0 Å². The fraction of sp³-hybridized carbons (Fsp3) is 0.500. The van der Waals surface area contributed by atoms with Crippen molar-refractivity contribution in [1.29, 1.82) is 0 Å². The van der Waals surface area contributed by atoms with E-state index in [0.29, 0.717) is 17.5 Å². The highest BCUT2D eigenvalue weighted by Crippen LogP contribution is 2.37. The Hall–Kier alpha value is -2.14. The maximum Gasteiger partial charge on any atom is 0.274 e. The number of carbonyl (C=O) groups is 1. The molecule has 3 atom stereocenters. The number of hydrogen-bond acceptors (Lipinski definition) is 3. The summed E-state index contributed by atoms with van der Waals surface area (Å²) in [6, 6.07) is 8.48. The summed E-state index contributed by atoms with van der Waals surface area (Å²) in [6.07, 6.45) is 2.24. The molecule has 1 aliphatic heterocycles. The van der Waals surface area contributed by atoms with E-state index < -0.39 is 0 Å². The van der Waals surface area contributed by atoms with Gasteiger partial charge < -0.3 is 10.6 Å². The number of nitrogens with zero attached hydrogens (tertiary/aromatic N) is 3. The molecule has 0 radical (unpaired) electrons. The lowest BCUT2D eigenvalue weighted by atomic mass is 9.98. The van der Waals surface area contributed by atoms with E-state index in [1.54, 1.807) is 0 Å². The van der Waals surface area contributed by atoms with E-state index >= 15 is 0 Å².